The van der Waals surface area contributed by atoms with Gasteiger partial charge < -0.3 is 14.8 Å². The van der Waals surface area contributed by atoms with Gasteiger partial charge in [-0.25, -0.2) is 15.0 Å². The minimum absolute atomic E-state index is 0.0982. The van der Waals surface area contributed by atoms with E-state index in [9.17, 15) is 0 Å². The first-order valence-corrected chi connectivity index (χ1v) is 14.2. The van der Waals surface area contributed by atoms with Crippen LogP contribution >= 0.6 is 0 Å². The zero-order valence-corrected chi connectivity index (χ0v) is 25.8. The van der Waals surface area contributed by atoms with Gasteiger partial charge in [0.15, 0.2) is 0 Å². The second-order valence-electron chi connectivity index (χ2n) is 13.8. The molecular formula is C31H41B3N6. The summed E-state index contributed by atoms with van der Waals surface area (Å²) in [7, 11) is 9.16. The van der Waals surface area contributed by atoms with Crippen LogP contribution in [0.15, 0.2) is 61.6 Å². The average Bonchev–Trinajstić information content (AvgIpc) is 3.20. The molecule has 0 saturated carbocycles. The third kappa shape index (κ3) is 4.44. The summed E-state index contributed by atoms with van der Waals surface area (Å²) >= 11 is 0. The van der Waals surface area contributed by atoms with E-state index < -0.39 is 0 Å². The number of benzene rings is 1. The SMILES string of the molecule is BC1(C)CC(B)(C)C(C)(C)N(c2cc(C(=C)Nc3cc4cc(-c5cnc(C)n5C)ccc4cn3)ccn2)C1(B)C. The molecule has 0 radical (unpaired) electrons. The Morgan fingerprint density at radius 1 is 0.900 bits per heavy atom. The molecule has 3 atom stereocenters. The summed E-state index contributed by atoms with van der Waals surface area (Å²) in [6.45, 7) is 18.2. The van der Waals surface area contributed by atoms with Crippen molar-refractivity contribution < 1.29 is 0 Å². The van der Waals surface area contributed by atoms with E-state index in [4.69, 9.17) is 4.98 Å². The maximum absolute atomic E-state index is 4.90. The highest BCUT2D eigenvalue weighted by Gasteiger charge is 2.58. The number of aromatic nitrogens is 4. The fourth-order valence-corrected chi connectivity index (χ4v) is 6.51. The maximum Gasteiger partial charge on any atom is 0.134 e. The molecule has 6 nitrogen and oxygen atoms in total. The molecular weight excluding hydrogens is 489 g/mol. The second kappa shape index (κ2) is 9.29. The van der Waals surface area contributed by atoms with Crippen LogP contribution in [0.5, 0.6) is 0 Å². The van der Waals surface area contributed by atoms with E-state index in [1.807, 2.05) is 38.6 Å². The molecule has 1 saturated heterocycles. The van der Waals surface area contributed by atoms with Crippen LogP contribution in [0.25, 0.3) is 27.7 Å². The van der Waals surface area contributed by atoms with Crippen LogP contribution in [0, 0.1) is 6.92 Å². The lowest BCUT2D eigenvalue weighted by Crippen LogP contribution is -2.71. The lowest BCUT2D eigenvalue weighted by Gasteiger charge is -2.68. The van der Waals surface area contributed by atoms with Gasteiger partial charge in [-0.1, -0.05) is 39.0 Å². The predicted octanol–water partition coefficient (Wildman–Crippen LogP) is 4.38. The van der Waals surface area contributed by atoms with Crippen LogP contribution in [-0.2, 0) is 7.05 Å². The minimum atomic E-state index is -0.101. The average molecular weight is 530 g/mol. The van der Waals surface area contributed by atoms with Gasteiger partial charge in [-0.05, 0) is 68.0 Å². The van der Waals surface area contributed by atoms with Crippen molar-refractivity contribution in [2.24, 2.45) is 7.05 Å². The Kier molecular flexibility index (Phi) is 6.52. The van der Waals surface area contributed by atoms with Crippen molar-refractivity contribution >= 4 is 51.6 Å². The highest BCUT2D eigenvalue weighted by molar-refractivity contribution is 6.29. The molecule has 0 aliphatic carbocycles. The molecule has 4 heterocycles. The van der Waals surface area contributed by atoms with Crippen molar-refractivity contribution in [3.05, 3.63) is 73.0 Å². The number of hydrogen-bond acceptors (Lipinski definition) is 5. The molecule has 9 heteroatoms. The van der Waals surface area contributed by atoms with Crippen LogP contribution in [0.3, 0.4) is 0 Å². The number of imidazole rings is 1. The number of nitrogens with one attached hydrogen (secondary N) is 1. The molecule has 204 valence electrons. The lowest BCUT2D eigenvalue weighted by atomic mass is 9.37. The van der Waals surface area contributed by atoms with E-state index in [1.54, 1.807) is 0 Å². The predicted molar refractivity (Wildman–Crippen MR) is 178 cm³/mol. The summed E-state index contributed by atoms with van der Waals surface area (Å²) in [6.07, 6.45) is 6.87. The van der Waals surface area contributed by atoms with Crippen molar-refractivity contribution in [1.29, 1.82) is 0 Å². The maximum atomic E-state index is 4.90. The van der Waals surface area contributed by atoms with Gasteiger partial charge in [0.1, 0.15) is 41.0 Å². The Hall–Kier alpha value is -3.48. The first kappa shape index (κ1) is 28.1. The number of fused-ring (bicyclic) bond motifs is 1. The number of anilines is 2. The van der Waals surface area contributed by atoms with Crippen molar-refractivity contribution in [3.63, 3.8) is 0 Å². The molecule has 40 heavy (non-hydrogen) atoms. The summed E-state index contributed by atoms with van der Waals surface area (Å²) in [6, 6.07) is 12.7. The molecule has 1 N–H and O–H groups in total. The summed E-state index contributed by atoms with van der Waals surface area (Å²) in [4.78, 5) is 16.6. The van der Waals surface area contributed by atoms with Gasteiger partial charge in [-0.15, -0.1) is 0 Å². The fourth-order valence-electron chi connectivity index (χ4n) is 6.51. The number of piperidine rings is 1. The monoisotopic (exact) mass is 530 g/mol. The molecule has 1 aliphatic rings. The van der Waals surface area contributed by atoms with Crippen LogP contribution in [-0.4, -0.2) is 54.0 Å². The quantitative estimate of drug-likeness (QED) is 0.389. The van der Waals surface area contributed by atoms with Crippen LogP contribution in [0.1, 0.15) is 52.4 Å². The van der Waals surface area contributed by atoms with E-state index >= 15 is 0 Å². The van der Waals surface area contributed by atoms with Crippen LogP contribution in [0.4, 0.5) is 11.6 Å². The van der Waals surface area contributed by atoms with Gasteiger partial charge in [0, 0.05) is 52.6 Å². The van der Waals surface area contributed by atoms with Gasteiger partial charge in [0.05, 0.1) is 11.9 Å². The van der Waals surface area contributed by atoms with Gasteiger partial charge >= 0.3 is 0 Å². The van der Waals surface area contributed by atoms with E-state index in [-0.39, 0.29) is 21.6 Å². The van der Waals surface area contributed by atoms with E-state index in [0.29, 0.717) is 0 Å². The van der Waals surface area contributed by atoms with Crippen molar-refractivity contribution in [2.75, 3.05) is 10.2 Å². The van der Waals surface area contributed by atoms with Crippen molar-refractivity contribution in [1.82, 2.24) is 19.5 Å². The largest absolute Gasteiger partial charge is 0.354 e. The third-order valence-corrected chi connectivity index (χ3v) is 10.2. The molecule has 0 amide bonds. The van der Waals surface area contributed by atoms with Gasteiger partial charge in [-0.2, -0.15) is 0 Å². The van der Waals surface area contributed by atoms with E-state index in [0.717, 1.165) is 57.2 Å². The molecule has 4 aromatic rings. The Bertz CT molecular complexity index is 1590. The van der Waals surface area contributed by atoms with Gasteiger partial charge in [0.25, 0.3) is 0 Å². The zero-order valence-electron chi connectivity index (χ0n) is 25.8. The van der Waals surface area contributed by atoms with E-state index in [2.05, 4.69) is 120 Å². The summed E-state index contributed by atoms with van der Waals surface area (Å²) in [5, 5.41) is 5.85. The fraction of sp³-hybridized carbons (Fsp3) is 0.387. The Morgan fingerprint density at radius 3 is 2.30 bits per heavy atom. The molecule has 3 aromatic heterocycles. The molecule has 5 rings (SSSR count). The van der Waals surface area contributed by atoms with Crippen LogP contribution < -0.4 is 10.2 Å². The highest BCUT2D eigenvalue weighted by Crippen LogP contribution is 2.62. The highest BCUT2D eigenvalue weighted by atomic mass is 15.3. The smallest absolute Gasteiger partial charge is 0.134 e. The summed E-state index contributed by atoms with van der Waals surface area (Å²) < 4.78 is 2.11. The molecule has 0 spiro atoms. The molecule has 1 aliphatic heterocycles. The normalized spacial score (nSPS) is 26.1. The third-order valence-electron chi connectivity index (χ3n) is 10.2. The Balaban J connectivity index is 1.46. The van der Waals surface area contributed by atoms with Crippen molar-refractivity contribution in [2.45, 2.75) is 69.6 Å². The second-order valence-corrected chi connectivity index (χ2v) is 13.8. The number of aryl methyl sites for hydroxylation is 1. The Morgan fingerprint density at radius 2 is 1.62 bits per heavy atom. The number of nitrogens with zero attached hydrogens (tertiary/aromatic N) is 5. The van der Waals surface area contributed by atoms with Gasteiger partial charge in [-0.3, -0.25) is 0 Å². The first-order chi connectivity index (χ1) is 18.5. The molecule has 0 bridgehead atoms. The summed E-state index contributed by atoms with van der Waals surface area (Å²) in [5.41, 5.74) is 3.81. The summed E-state index contributed by atoms with van der Waals surface area (Å²) in [5.74, 6) is 2.72. The zero-order chi connectivity index (χ0) is 29.3. The molecule has 1 fully saturated rings. The van der Waals surface area contributed by atoms with E-state index in [1.165, 1.54) is 0 Å². The number of hydrogen-bond donors (Lipinski definition) is 1. The topological polar surface area (TPSA) is 58.9 Å². The number of rotatable bonds is 5. The Labute approximate surface area is 241 Å². The van der Waals surface area contributed by atoms with Crippen LogP contribution in [0.2, 0.25) is 10.6 Å². The standard InChI is InChI=1S/C31H41B3N6/c1-19(38-26-14-24-13-22(9-10-23(24)16-37-26)25-17-36-20(2)39(25)8)21-11-12-35-27(15-21)40-28(3,4)29(5,32)18-30(6,33)31(40,7)34/h9-17H,1,18,32-34H2,2-8H3,(H,37,38). The molecule has 3 unspecified atom stereocenters. The minimum Gasteiger partial charge on any atom is -0.354 e. The van der Waals surface area contributed by atoms with Gasteiger partial charge in [0.2, 0.25) is 0 Å². The van der Waals surface area contributed by atoms with Crippen molar-refractivity contribution in [3.8, 4) is 11.3 Å². The lowest BCUT2D eigenvalue weighted by molar-refractivity contribution is 0.178. The number of pyridine rings is 2. The molecule has 1 aromatic carbocycles. The first-order valence-electron chi connectivity index (χ1n) is 14.2.